The zero-order valence-electron chi connectivity index (χ0n) is 12.1. The summed E-state index contributed by atoms with van der Waals surface area (Å²) < 4.78 is 5.20. The van der Waals surface area contributed by atoms with E-state index in [9.17, 15) is 4.79 Å². The Morgan fingerprint density at radius 1 is 1.14 bits per heavy atom. The van der Waals surface area contributed by atoms with Crippen LogP contribution in [0.4, 0.5) is 0 Å². The summed E-state index contributed by atoms with van der Waals surface area (Å²) in [7, 11) is 1.66. The van der Waals surface area contributed by atoms with E-state index in [2.05, 4.69) is 18.2 Å². The van der Waals surface area contributed by atoms with Crippen LogP contribution >= 0.6 is 0 Å². The highest BCUT2D eigenvalue weighted by Crippen LogP contribution is 2.31. The van der Waals surface area contributed by atoms with Gasteiger partial charge in [0.15, 0.2) is 5.78 Å². The summed E-state index contributed by atoms with van der Waals surface area (Å²) in [6.07, 6.45) is 2.03. The van der Waals surface area contributed by atoms with Gasteiger partial charge in [0.05, 0.1) is 13.2 Å². The van der Waals surface area contributed by atoms with E-state index >= 15 is 0 Å². The third-order valence-corrected chi connectivity index (χ3v) is 4.16. The highest BCUT2D eigenvalue weighted by molar-refractivity contribution is 5.89. The standard InChI is InChI=1S/C18H19NO2/c1-21-14-8-5-13(6-9-14)15-4-2-3-12-7-10-17(19)18(20)11-16(12)15/h2-6,8-9,17H,7,10-11,19H2,1H3. The molecule has 3 heteroatoms. The molecule has 2 aromatic carbocycles. The Morgan fingerprint density at radius 3 is 2.62 bits per heavy atom. The fourth-order valence-electron chi connectivity index (χ4n) is 2.90. The van der Waals surface area contributed by atoms with Crippen LogP contribution in [0.2, 0.25) is 0 Å². The molecule has 1 atom stereocenters. The van der Waals surface area contributed by atoms with E-state index in [-0.39, 0.29) is 11.8 Å². The summed E-state index contributed by atoms with van der Waals surface area (Å²) in [4.78, 5) is 12.1. The predicted molar refractivity (Wildman–Crippen MR) is 83.4 cm³/mol. The number of hydrogen-bond donors (Lipinski definition) is 1. The molecule has 0 spiro atoms. The van der Waals surface area contributed by atoms with E-state index in [1.165, 1.54) is 5.56 Å². The molecule has 2 aromatic rings. The van der Waals surface area contributed by atoms with E-state index in [0.29, 0.717) is 6.42 Å². The van der Waals surface area contributed by atoms with Crippen molar-refractivity contribution < 1.29 is 9.53 Å². The Hall–Kier alpha value is -2.13. The third-order valence-electron chi connectivity index (χ3n) is 4.16. The lowest BCUT2D eigenvalue weighted by Gasteiger charge is -2.12. The number of Topliss-reactive ketones (excluding diaryl/α,β-unsaturated/α-hetero) is 1. The third kappa shape index (κ3) is 2.69. The van der Waals surface area contributed by atoms with Crippen LogP contribution < -0.4 is 10.5 Å². The van der Waals surface area contributed by atoms with Crippen molar-refractivity contribution in [2.24, 2.45) is 5.73 Å². The Labute approximate surface area is 124 Å². The molecule has 0 aliphatic heterocycles. The fourth-order valence-corrected chi connectivity index (χ4v) is 2.90. The minimum absolute atomic E-state index is 0.134. The second kappa shape index (κ2) is 5.70. The average molecular weight is 281 g/mol. The van der Waals surface area contributed by atoms with Crippen molar-refractivity contribution in [1.29, 1.82) is 0 Å². The highest BCUT2D eigenvalue weighted by atomic mass is 16.5. The minimum atomic E-state index is -0.332. The van der Waals surface area contributed by atoms with Gasteiger partial charge in [-0.15, -0.1) is 0 Å². The topological polar surface area (TPSA) is 52.3 Å². The van der Waals surface area contributed by atoms with Crippen LogP contribution in [-0.2, 0) is 17.6 Å². The number of carbonyl (C=O) groups excluding carboxylic acids is 1. The van der Waals surface area contributed by atoms with E-state index < -0.39 is 0 Å². The van der Waals surface area contributed by atoms with Crippen molar-refractivity contribution >= 4 is 5.78 Å². The van der Waals surface area contributed by atoms with Gasteiger partial charge in [-0.2, -0.15) is 0 Å². The maximum absolute atomic E-state index is 12.1. The molecule has 0 radical (unpaired) electrons. The van der Waals surface area contributed by atoms with E-state index in [1.807, 2.05) is 24.3 Å². The lowest BCUT2D eigenvalue weighted by atomic mass is 9.92. The number of nitrogens with two attached hydrogens (primary N) is 1. The van der Waals surface area contributed by atoms with Crippen LogP contribution in [0.3, 0.4) is 0 Å². The molecule has 0 saturated carbocycles. The van der Waals surface area contributed by atoms with Gasteiger partial charge in [-0.3, -0.25) is 4.79 Å². The molecule has 0 heterocycles. The SMILES string of the molecule is COc1ccc(-c2cccc3c2CC(=O)C(N)CC3)cc1. The molecule has 1 unspecified atom stereocenters. The summed E-state index contributed by atoms with van der Waals surface area (Å²) in [6, 6.07) is 13.9. The lowest BCUT2D eigenvalue weighted by molar-refractivity contribution is -0.119. The van der Waals surface area contributed by atoms with Crippen LogP contribution in [0, 0.1) is 0 Å². The van der Waals surface area contributed by atoms with Gasteiger partial charge < -0.3 is 10.5 Å². The van der Waals surface area contributed by atoms with Crippen LogP contribution in [-0.4, -0.2) is 18.9 Å². The minimum Gasteiger partial charge on any atom is -0.497 e. The Balaban J connectivity index is 2.05. The maximum Gasteiger partial charge on any atom is 0.153 e. The molecule has 1 aliphatic rings. The number of ketones is 1. The van der Waals surface area contributed by atoms with E-state index in [4.69, 9.17) is 10.5 Å². The second-order valence-electron chi connectivity index (χ2n) is 5.46. The van der Waals surface area contributed by atoms with Crippen molar-refractivity contribution in [3.8, 4) is 16.9 Å². The van der Waals surface area contributed by atoms with Gasteiger partial charge in [0.2, 0.25) is 0 Å². The van der Waals surface area contributed by atoms with E-state index in [1.54, 1.807) is 7.11 Å². The molecule has 3 nitrogen and oxygen atoms in total. The summed E-state index contributed by atoms with van der Waals surface area (Å²) in [5.74, 6) is 0.966. The van der Waals surface area contributed by atoms with Crippen molar-refractivity contribution in [1.82, 2.24) is 0 Å². The highest BCUT2D eigenvalue weighted by Gasteiger charge is 2.22. The van der Waals surface area contributed by atoms with Gasteiger partial charge in [-0.25, -0.2) is 0 Å². The molecule has 0 fully saturated rings. The Morgan fingerprint density at radius 2 is 1.90 bits per heavy atom. The van der Waals surface area contributed by atoms with E-state index in [0.717, 1.165) is 35.3 Å². The first-order valence-electron chi connectivity index (χ1n) is 7.22. The Bertz CT molecular complexity index is 661. The van der Waals surface area contributed by atoms with Gasteiger partial charge in [0.1, 0.15) is 5.75 Å². The zero-order valence-corrected chi connectivity index (χ0v) is 12.1. The van der Waals surface area contributed by atoms with Crippen LogP contribution in [0.15, 0.2) is 42.5 Å². The smallest absolute Gasteiger partial charge is 0.153 e. The van der Waals surface area contributed by atoms with Crippen molar-refractivity contribution in [2.75, 3.05) is 7.11 Å². The molecule has 0 bridgehead atoms. The summed E-state index contributed by atoms with van der Waals surface area (Å²) in [5.41, 5.74) is 10.5. The molecule has 1 aliphatic carbocycles. The molecular formula is C18H19NO2. The Kier molecular flexibility index (Phi) is 3.76. The predicted octanol–water partition coefficient (Wildman–Crippen LogP) is 2.75. The lowest BCUT2D eigenvalue weighted by Crippen LogP contribution is -2.30. The van der Waals surface area contributed by atoms with Crippen LogP contribution in [0.5, 0.6) is 5.75 Å². The molecule has 0 saturated heterocycles. The fraction of sp³-hybridized carbons (Fsp3) is 0.278. The summed E-state index contributed by atoms with van der Waals surface area (Å²) >= 11 is 0. The summed E-state index contributed by atoms with van der Waals surface area (Å²) in [5, 5.41) is 0. The second-order valence-corrected chi connectivity index (χ2v) is 5.46. The zero-order chi connectivity index (χ0) is 14.8. The molecule has 2 N–H and O–H groups in total. The number of ether oxygens (including phenoxy) is 1. The number of benzene rings is 2. The number of fused-ring (bicyclic) bond motifs is 1. The molecule has 0 amide bonds. The quantitative estimate of drug-likeness (QED) is 0.861. The number of hydrogen-bond acceptors (Lipinski definition) is 3. The van der Waals surface area contributed by atoms with Crippen molar-refractivity contribution in [3.63, 3.8) is 0 Å². The van der Waals surface area contributed by atoms with Crippen molar-refractivity contribution in [3.05, 3.63) is 53.6 Å². The van der Waals surface area contributed by atoms with Gasteiger partial charge in [0.25, 0.3) is 0 Å². The maximum atomic E-state index is 12.1. The number of aryl methyl sites for hydroxylation is 1. The molecular weight excluding hydrogens is 262 g/mol. The van der Waals surface area contributed by atoms with Crippen LogP contribution in [0.1, 0.15) is 17.5 Å². The molecule has 108 valence electrons. The first kappa shape index (κ1) is 13.8. The normalized spacial score (nSPS) is 18.0. The first-order valence-corrected chi connectivity index (χ1v) is 7.22. The molecule has 21 heavy (non-hydrogen) atoms. The summed E-state index contributed by atoms with van der Waals surface area (Å²) in [6.45, 7) is 0. The van der Waals surface area contributed by atoms with Gasteiger partial charge in [-0.1, -0.05) is 30.3 Å². The molecule has 0 aromatic heterocycles. The van der Waals surface area contributed by atoms with Gasteiger partial charge in [0, 0.05) is 6.42 Å². The monoisotopic (exact) mass is 281 g/mol. The average Bonchev–Trinajstić information content (AvgIpc) is 2.67. The number of rotatable bonds is 2. The first-order chi connectivity index (χ1) is 10.2. The number of carbonyl (C=O) groups is 1. The van der Waals surface area contributed by atoms with Gasteiger partial charge >= 0.3 is 0 Å². The number of methoxy groups -OCH3 is 1. The molecule has 3 rings (SSSR count). The van der Waals surface area contributed by atoms with Gasteiger partial charge in [-0.05, 0) is 47.2 Å². The largest absolute Gasteiger partial charge is 0.497 e. The van der Waals surface area contributed by atoms with Crippen LogP contribution in [0.25, 0.3) is 11.1 Å². The van der Waals surface area contributed by atoms with Crippen molar-refractivity contribution in [2.45, 2.75) is 25.3 Å².